The monoisotopic (exact) mass is 219 g/mol. The summed E-state index contributed by atoms with van der Waals surface area (Å²) in [5.41, 5.74) is 0. The number of nitrogens with one attached hydrogen (secondary N) is 1. The third-order valence-corrected chi connectivity index (χ3v) is 1.92. The fourth-order valence-corrected chi connectivity index (χ4v) is 1.16. The zero-order chi connectivity index (χ0) is 11.4. The third-order valence-electron chi connectivity index (χ3n) is 1.92. The molecule has 0 aliphatic rings. The molecule has 0 aliphatic carbocycles. The highest BCUT2D eigenvalue weighted by Crippen LogP contribution is 2.22. The molecule has 16 heavy (non-hydrogen) atoms. The molecule has 1 aromatic heterocycles. The number of benzene rings is 1. The predicted molar refractivity (Wildman–Crippen MR) is 58.1 cm³/mol. The van der Waals surface area contributed by atoms with E-state index in [0.29, 0.717) is 5.82 Å². The molecule has 0 saturated heterocycles. The summed E-state index contributed by atoms with van der Waals surface area (Å²) in [6.07, 6.45) is 2.97. The molecular weight excluding hydrogens is 209 g/mol. The molecule has 0 spiro atoms. The van der Waals surface area contributed by atoms with E-state index in [0.717, 1.165) is 0 Å². The van der Waals surface area contributed by atoms with Crippen LogP contribution < -0.4 is 10.1 Å². The molecule has 5 heteroatoms. The van der Waals surface area contributed by atoms with E-state index < -0.39 is 5.82 Å². The molecule has 0 aliphatic heterocycles. The Morgan fingerprint density at radius 3 is 2.81 bits per heavy atom. The van der Waals surface area contributed by atoms with Crippen molar-refractivity contribution in [1.29, 1.82) is 0 Å². The largest absolute Gasteiger partial charge is 0.434 e. The number of anilines is 1. The normalized spacial score (nSPS) is 9.88. The van der Waals surface area contributed by atoms with Gasteiger partial charge in [0.1, 0.15) is 5.82 Å². The number of rotatable bonds is 3. The molecule has 1 heterocycles. The fraction of sp³-hybridized carbons (Fsp3) is 0.0909. The molecule has 0 saturated carbocycles. The number of halogens is 1. The second kappa shape index (κ2) is 4.57. The van der Waals surface area contributed by atoms with Gasteiger partial charge >= 0.3 is 0 Å². The van der Waals surface area contributed by atoms with Crippen LogP contribution in [0.3, 0.4) is 0 Å². The Labute approximate surface area is 92.1 Å². The van der Waals surface area contributed by atoms with Crippen LogP contribution in [-0.4, -0.2) is 17.0 Å². The Morgan fingerprint density at radius 1 is 1.25 bits per heavy atom. The minimum Gasteiger partial charge on any atom is -0.434 e. The average Bonchev–Trinajstić information content (AvgIpc) is 2.32. The summed E-state index contributed by atoms with van der Waals surface area (Å²) in [4.78, 5) is 7.97. The van der Waals surface area contributed by atoms with Crippen LogP contribution in [0.15, 0.2) is 36.7 Å². The zero-order valence-corrected chi connectivity index (χ0v) is 8.64. The Bertz CT molecular complexity index is 490. The zero-order valence-electron chi connectivity index (χ0n) is 8.64. The first-order valence-electron chi connectivity index (χ1n) is 4.72. The maximum Gasteiger partial charge on any atom is 0.239 e. The van der Waals surface area contributed by atoms with Crippen LogP contribution in [-0.2, 0) is 0 Å². The van der Waals surface area contributed by atoms with Gasteiger partial charge in [-0.2, -0.15) is 4.98 Å². The van der Waals surface area contributed by atoms with E-state index in [-0.39, 0.29) is 11.6 Å². The maximum atomic E-state index is 13.3. The van der Waals surface area contributed by atoms with Crippen molar-refractivity contribution in [1.82, 2.24) is 9.97 Å². The summed E-state index contributed by atoms with van der Waals surface area (Å²) in [5, 5.41) is 2.82. The SMILES string of the molecule is CNc1cncc(Oc2ccccc2F)n1. The standard InChI is InChI=1S/C11H10FN3O/c1-13-10-6-14-7-11(15-10)16-9-5-3-2-4-8(9)12/h2-7H,1H3,(H,13,15). The van der Waals surface area contributed by atoms with Crippen LogP contribution in [0, 0.1) is 5.82 Å². The first-order chi connectivity index (χ1) is 7.79. The smallest absolute Gasteiger partial charge is 0.239 e. The van der Waals surface area contributed by atoms with Gasteiger partial charge in [0.25, 0.3) is 0 Å². The summed E-state index contributed by atoms with van der Waals surface area (Å²) < 4.78 is 18.5. The second-order valence-electron chi connectivity index (χ2n) is 3.03. The lowest BCUT2D eigenvalue weighted by atomic mass is 10.3. The van der Waals surface area contributed by atoms with E-state index >= 15 is 0 Å². The Hall–Kier alpha value is -2.17. The van der Waals surface area contributed by atoms with Gasteiger partial charge in [0.2, 0.25) is 5.88 Å². The molecule has 2 aromatic rings. The number of para-hydroxylation sites is 1. The van der Waals surface area contributed by atoms with Gasteiger partial charge < -0.3 is 10.1 Å². The Balaban J connectivity index is 2.24. The highest BCUT2D eigenvalue weighted by Gasteiger charge is 2.04. The van der Waals surface area contributed by atoms with Gasteiger partial charge in [0.05, 0.1) is 12.4 Å². The van der Waals surface area contributed by atoms with E-state index in [1.54, 1.807) is 25.4 Å². The predicted octanol–water partition coefficient (Wildman–Crippen LogP) is 2.45. The minimum absolute atomic E-state index is 0.130. The maximum absolute atomic E-state index is 13.3. The van der Waals surface area contributed by atoms with Gasteiger partial charge in [-0.25, -0.2) is 4.39 Å². The third kappa shape index (κ3) is 2.25. The van der Waals surface area contributed by atoms with E-state index in [9.17, 15) is 4.39 Å². The van der Waals surface area contributed by atoms with Crippen molar-refractivity contribution in [3.63, 3.8) is 0 Å². The number of nitrogens with zero attached hydrogens (tertiary/aromatic N) is 2. The molecule has 0 amide bonds. The van der Waals surface area contributed by atoms with Gasteiger partial charge in [0, 0.05) is 7.05 Å². The summed E-state index contributed by atoms with van der Waals surface area (Å²) in [7, 11) is 1.72. The highest BCUT2D eigenvalue weighted by atomic mass is 19.1. The lowest BCUT2D eigenvalue weighted by Gasteiger charge is -2.06. The topological polar surface area (TPSA) is 47.0 Å². The summed E-state index contributed by atoms with van der Waals surface area (Å²) in [5.74, 6) is 0.509. The fourth-order valence-electron chi connectivity index (χ4n) is 1.16. The van der Waals surface area contributed by atoms with E-state index in [2.05, 4.69) is 15.3 Å². The van der Waals surface area contributed by atoms with Gasteiger partial charge in [-0.05, 0) is 12.1 Å². The number of aromatic nitrogens is 2. The molecule has 0 radical (unpaired) electrons. The van der Waals surface area contributed by atoms with Crippen LogP contribution in [0.2, 0.25) is 0 Å². The van der Waals surface area contributed by atoms with Gasteiger partial charge in [-0.1, -0.05) is 12.1 Å². The molecule has 4 nitrogen and oxygen atoms in total. The molecule has 0 unspecified atom stereocenters. The van der Waals surface area contributed by atoms with Crippen molar-refractivity contribution >= 4 is 5.82 Å². The molecule has 0 atom stereocenters. The van der Waals surface area contributed by atoms with Crippen LogP contribution in [0.25, 0.3) is 0 Å². The quantitative estimate of drug-likeness (QED) is 0.861. The first-order valence-corrected chi connectivity index (χ1v) is 4.72. The Kier molecular flexibility index (Phi) is 2.95. The van der Waals surface area contributed by atoms with Crippen LogP contribution >= 0.6 is 0 Å². The first kappa shape index (κ1) is 10.4. The van der Waals surface area contributed by atoms with Crippen molar-refractivity contribution in [2.75, 3.05) is 12.4 Å². The van der Waals surface area contributed by atoms with Gasteiger partial charge in [-0.15, -0.1) is 0 Å². The van der Waals surface area contributed by atoms with E-state index in [1.807, 2.05) is 0 Å². The molecular formula is C11H10FN3O. The molecule has 1 N–H and O–H groups in total. The van der Waals surface area contributed by atoms with Crippen molar-refractivity contribution in [3.05, 3.63) is 42.5 Å². The summed E-state index contributed by atoms with van der Waals surface area (Å²) in [6, 6.07) is 6.14. The van der Waals surface area contributed by atoms with Crippen LogP contribution in [0.5, 0.6) is 11.6 Å². The molecule has 2 rings (SSSR count). The summed E-state index contributed by atoms with van der Waals surface area (Å²) in [6.45, 7) is 0. The van der Waals surface area contributed by atoms with Gasteiger partial charge in [0.15, 0.2) is 11.6 Å². The van der Waals surface area contributed by atoms with Gasteiger partial charge in [-0.3, -0.25) is 4.98 Å². The van der Waals surface area contributed by atoms with Crippen LogP contribution in [0.1, 0.15) is 0 Å². The minimum atomic E-state index is -0.431. The average molecular weight is 219 g/mol. The molecule has 1 aromatic carbocycles. The van der Waals surface area contributed by atoms with Crippen molar-refractivity contribution in [3.8, 4) is 11.6 Å². The van der Waals surface area contributed by atoms with Crippen molar-refractivity contribution < 1.29 is 9.13 Å². The highest BCUT2D eigenvalue weighted by molar-refractivity contribution is 5.34. The number of ether oxygens (including phenoxy) is 1. The molecule has 0 bridgehead atoms. The van der Waals surface area contributed by atoms with Crippen molar-refractivity contribution in [2.45, 2.75) is 0 Å². The molecule has 0 fully saturated rings. The van der Waals surface area contributed by atoms with E-state index in [4.69, 9.17) is 4.74 Å². The van der Waals surface area contributed by atoms with Crippen molar-refractivity contribution in [2.24, 2.45) is 0 Å². The molecule has 82 valence electrons. The number of hydrogen-bond acceptors (Lipinski definition) is 4. The second-order valence-corrected chi connectivity index (χ2v) is 3.03. The van der Waals surface area contributed by atoms with Crippen LogP contribution in [0.4, 0.5) is 10.2 Å². The lowest BCUT2D eigenvalue weighted by molar-refractivity contribution is 0.426. The van der Waals surface area contributed by atoms with E-state index in [1.165, 1.54) is 18.3 Å². The summed E-state index contributed by atoms with van der Waals surface area (Å²) >= 11 is 0. The lowest BCUT2D eigenvalue weighted by Crippen LogP contribution is -1.96. The Morgan fingerprint density at radius 2 is 2.06 bits per heavy atom. The number of hydrogen-bond donors (Lipinski definition) is 1.